The largest absolute Gasteiger partial charge is 0.375 e. The fourth-order valence-corrected chi connectivity index (χ4v) is 2.08. The summed E-state index contributed by atoms with van der Waals surface area (Å²) in [4.78, 5) is 4.16. The second-order valence-corrected chi connectivity index (χ2v) is 3.79. The van der Waals surface area contributed by atoms with E-state index in [2.05, 4.69) is 36.2 Å². The summed E-state index contributed by atoms with van der Waals surface area (Å²) < 4.78 is 5.82. The second kappa shape index (κ2) is 4.85. The van der Waals surface area contributed by atoms with Crippen LogP contribution in [0.2, 0.25) is 0 Å². The zero-order chi connectivity index (χ0) is 9.73. The van der Waals surface area contributed by atoms with Gasteiger partial charge in [0.1, 0.15) is 0 Å². The number of hydrogen-bond donors (Lipinski definition) is 0. The first-order valence-corrected chi connectivity index (χ1v) is 5.38. The lowest BCUT2D eigenvalue weighted by Gasteiger charge is -2.38. The van der Waals surface area contributed by atoms with Gasteiger partial charge >= 0.3 is 0 Å². The molecule has 0 amide bonds. The van der Waals surface area contributed by atoms with Crippen LogP contribution in [0, 0.1) is 0 Å². The Bertz CT molecular complexity index is 207. The van der Waals surface area contributed by atoms with Crippen molar-refractivity contribution in [3.8, 4) is 0 Å². The highest BCUT2D eigenvalue weighted by molar-refractivity contribution is 7.78. The van der Waals surface area contributed by atoms with Gasteiger partial charge in [0.2, 0.25) is 0 Å². The van der Waals surface area contributed by atoms with Crippen LogP contribution in [0.25, 0.3) is 0 Å². The van der Waals surface area contributed by atoms with Gasteiger partial charge in [0, 0.05) is 6.61 Å². The van der Waals surface area contributed by atoms with Crippen molar-refractivity contribution < 1.29 is 4.74 Å². The number of nitrogens with zero attached hydrogens (tertiary/aromatic N) is 1. The summed E-state index contributed by atoms with van der Waals surface area (Å²) in [5.41, 5.74) is 0.0542. The van der Waals surface area contributed by atoms with Gasteiger partial charge in [-0.3, -0.25) is 0 Å². The normalized spacial score (nSPS) is 26.5. The van der Waals surface area contributed by atoms with Crippen LogP contribution in [0.1, 0.15) is 39.5 Å². The number of ether oxygens (including phenoxy) is 1. The molecule has 1 saturated heterocycles. The number of hydrogen-bond acceptors (Lipinski definition) is 3. The Balaban J connectivity index is 2.63. The monoisotopic (exact) mass is 199 g/mol. The number of thiocarbonyl (C=S) groups is 1. The summed E-state index contributed by atoms with van der Waals surface area (Å²) >= 11 is 4.62. The van der Waals surface area contributed by atoms with E-state index < -0.39 is 0 Å². The van der Waals surface area contributed by atoms with E-state index in [1.165, 1.54) is 0 Å². The van der Waals surface area contributed by atoms with Gasteiger partial charge in [-0.1, -0.05) is 13.8 Å². The molecule has 13 heavy (non-hydrogen) atoms. The molecule has 0 saturated carbocycles. The van der Waals surface area contributed by atoms with E-state index >= 15 is 0 Å². The lowest BCUT2D eigenvalue weighted by atomic mass is 9.86. The number of rotatable bonds is 3. The molecule has 0 N–H and O–H groups in total. The molecule has 1 fully saturated rings. The molecule has 1 heterocycles. The first-order chi connectivity index (χ1) is 6.26. The predicted octanol–water partition coefficient (Wildman–Crippen LogP) is 2.83. The third-order valence-corrected chi connectivity index (χ3v) is 3.10. The molecule has 0 aromatic carbocycles. The first kappa shape index (κ1) is 10.8. The van der Waals surface area contributed by atoms with Crippen LogP contribution in [-0.2, 0) is 4.74 Å². The molecule has 0 aromatic rings. The van der Waals surface area contributed by atoms with E-state index in [4.69, 9.17) is 4.74 Å². The average Bonchev–Trinajstić information content (AvgIpc) is 2.19. The molecule has 0 bridgehead atoms. The Labute approximate surface area is 85.4 Å². The first-order valence-electron chi connectivity index (χ1n) is 4.97. The Hall–Kier alpha value is -0.240. The molecule has 1 aliphatic heterocycles. The topological polar surface area (TPSA) is 21.6 Å². The van der Waals surface area contributed by atoms with Crippen LogP contribution < -0.4 is 0 Å². The minimum absolute atomic E-state index is 0.0542. The molecule has 0 aliphatic carbocycles. The standard InChI is InChI=1S/C10H17NOS/c1-3-10(4-2)7-9(11-8-13)5-6-12-10/h9H,3-7H2,1-2H3. The van der Waals surface area contributed by atoms with E-state index in [-0.39, 0.29) is 5.60 Å². The summed E-state index contributed by atoms with van der Waals surface area (Å²) in [6.07, 6.45) is 4.12. The van der Waals surface area contributed by atoms with E-state index in [1.807, 2.05) is 0 Å². The van der Waals surface area contributed by atoms with Crippen molar-refractivity contribution in [1.82, 2.24) is 0 Å². The lowest BCUT2D eigenvalue weighted by Crippen LogP contribution is -2.40. The van der Waals surface area contributed by atoms with Crippen LogP contribution >= 0.6 is 12.2 Å². The van der Waals surface area contributed by atoms with E-state index in [9.17, 15) is 0 Å². The predicted molar refractivity (Wildman–Crippen MR) is 57.3 cm³/mol. The zero-order valence-electron chi connectivity index (χ0n) is 8.38. The number of aliphatic imine (C=N–C) groups is 1. The highest BCUT2D eigenvalue weighted by atomic mass is 32.1. The summed E-state index contributed by atoms with van der Waals surface area (Å²) in [6, 6.07) is 0.339. The minimum Gasteiger partial charge on any atom is -0.375 e. The molecular formula is C10H17NOS. The van der Waals surface area contributed by atoms with E-state index in [1.54, 1.807) is 0 Å². The van der Waals surface area contributed by atoms with Crippen LogP contribution in [0.4, 0.5) is 0 Å². The van der Waals surface area contributed by atoms with Crippen LogP contribution in [0.5, 0.6) is 0 Å². The van der Waals surface area contributed by atoms with E-state index in [0.717, 1.165) is 32.3 Å². The van der Waals surface area contributed by atoms with Crippen LogP contribution in [-0.4, -0.2) is 23.4 Å². The van der Waals surface area contributed by atoms with Crippen molar-refractivity contribution >= 4 is 17.4 Å². The Morgan fingerprint density at radius 3 is 2.77 bits per heavy atom. The van der Waals surface area contributed by atoms with Gasteiger partial charge in [0.05, 0.1) is 16.8 Å². The van der Waals surface area contributed by atoms with Crippen LogP contribution in [0.15, 0.2) is 4.99 Å². The molecule has 2 nitrogen and oxygen atoms in total. The molecule has 0 radical (unpaired) electrons. The second-order valence-electron chi connectivity index (χ2n) is 3.61. The van der Waals surface area contributed by atoms with Gasteiger partial charge in [-0.05, 0) is 37.9 Å². The summed E-state index contributed by atoms with van der Waals surface area (Å²) in [5.74, 6) is 0. The number of isothiocyanates is 1. The molecule has 0 spiro atoms. The van der Waals surface area contributed by atoms with E-state index in [0.29, 0.717) is 6.04 Å². The third-order valence-electron chi connectivity index (χ3n) is 2.99. The summed E-state index contributed by atoms with van der Waals surface area (Å²) in [5, 5.41) is 2.48. The molecule has 1 atom stereocenters. The molecule has 3 heteroatoms. The van der Waals surface area contributed by atoms with Gasteiger partial charge < -0.3 is 4.74 Å². The smallest absolute Gasteiger partial charge is 0.0698 e. The van der Waals surface area contributed by atoms with Crippen molar-refractivity contribution in [3.05, 3.63) is 0 Å². The van der Waals surface area contributed by atoms with Crippen molar-refractivity contribution in [2.45, 2.75) is 51.2 Å². The van der Waals surface area contributed by atoms with Gasteiger partial charge in [-0.15, -0.1) is 0 Å². The molecule has 1 rings (SSSR count). The van der Waals surface area contributed by atoms with Crippen molar-refractivity contribution in [1.29, 1.82) is 0 Å². The van der Waals surface area contributed by atoms with Gasteiger partial charge in [0.25, 0.3) is 0 Å². The summed E-state index contributed by atoms with van der Waals surface area (Å²) in [7, 11) is 0. The van der Waals surface area contributed by atoms with Crippen molar-refractivity contribution in [3.63, 3.8) is 0 Å². The quantitative estimate of drug-likeness (QED) is 0.515. The zero-order valence-corrected chi connectivity index (χ0v) is 9.19. The highest BCUT2D eigenvalue weighted by Gasteiger charge is 2.34. The third kappa shape index (κ3) is 2.60. The maximum atomic E-state index is 5.82. The average molecular weight is 199 g/mol. The van der Waals surface area contributed by atoms with Gasteiger partial charge in [0.15, 0.2) is 0 Å². The molecule has 74 valence electrons. The summed E-state index contributed by atoms with van der Waals surface area (Å²) in [6.45, 7) is 5.16. The maximum Gasteiger partial charge on any atom is 0.0698 e. The van der Waals surface area contributed by atoms with Crippen LogP contribution in [0.3, 0.4) is 0 Å². The fraction of sp³-hybridized carbons (Fsp3) is 0.900. The lowest BCUT2D eigenvalue weighted by molar-refractivity contribution is -0.0883. The van der Waals surface area contributed by atoms with Gasteiger partial charge in [-0.25, -0.2) is 4.99 Å². The molecule has 1 aliphatic rings. The minimum atomic E-state index is 0.0542. The fourth-order valence-electron chi connectivity index (χ4n) is 1.93. The highest BCUT2D eigenvalue weighted by Crippen LogP contribution is 2.32. The van der Waals surface area contributed by atoms with Gasteiger partial charge in [-0.2, -0.15) is 0 Å². The SMILES string of the molecule is CCC1(CC)CC(N=C=S)CCO1. The Morgan fingerprint density at radius 2 is 2.23 bits per heavy atom. The van der Waals surface area contributed by atoms with Crippen molar-refractivity contribution in [2.24, 2.45) is 4.99 Å². The maximum absolute atomic E-state index is 5.82. The molecule has 1 unspecified atom stereocenters. The molecular weight excluding hydrogens is 182 g/mol. The van der Waals surface area contributed by atoms with Crippen molar-refractivity contribution in [2.75, 3.05) is 6.61 Å². The molecule has 0 aromatic heterocycles. The Kier molecular flexibility index (Phi) is 4.04. The Morgan fingerprint density at radius 1 is 1.54 bits per heavy atom.